The molecule has 1 aromatic carbocycles. The van der Waals surface area contributed by atoms with Gasteiger partial charge in [-0.2, -0.15) is 0 Å². The van der Waals surface area contributed by atoms with Gasteiger partial charge in [0.15, 0.2) is 0 Å². The average molecular weight is 334 g/mol. The van der Waals surface area contributed by atoms with Crippen LogP contribution in [0.2, 0.25) is 5.02 Å². The van der Waals surface area contributed by atoms with Gasteiger partial charge >= 0.3 is 0 Å². The maximum Gasteiger partial charge on any atom is 0.242 e. The van der Waals surface area contributed by atoms with Crippen molar-refractivity contribution in [1.29, 1.82) is 0 Å². The second-order valence-electron chi connectivity index (χ2n) is 5.14. The van der Waals surface area contributed by atoms with Crippen molar-refractivity contribution in [2.45, 2.75) is 37.4 Å². The zero-order valence-corrected chi connectivity index (χ0v) is 13.5. The number of hydrogen-bond donors (Lipinski definition) is 2. The Hall–Kier alpha value is -0.660. The summed E-state index contributed by atoms with van der Waals surface area (Å²) in [6, 6.07) is 4.47. The first kappa shape index (κ1) is 16.7. The van der Waals surface area contributed by atoms with Crippen LogP contribution in [0.5, 0.6) is 0 Å². The van der Waals surface area contributed by atoms with E-state index in [2.05, 4.69) is 4.72 Å². The maximum absolute atomic E-state index is 12.4. The van der Waals surface area contributed by atoms with Crippen molar-refractivity contribution in [3.8, 4) is 0 Å². The molecule has 1 aliphatic heterocycles. The first-order valence-corrected chi connectivity index (χ1v) is 8.84. The standard InChI is InChI=1S/C14H20ClNO4S/c1-2-13-11(5-6-20-13)8-16-21(18,19)14-7-10(9-17)3-4-12(14)15/h3-4,7,11,13,16-17H,2,5-6,8-9H2,1H3. The first-order valence-electron chi connectivity index (χ1n) is 6.98. The van der Waals surface area contributed by atoms with E-state index in [0.717, 1.165) is 12.8 Å². The van der Waals surface area contributed by atoms with Crippen LogP contribution in [0.3, 0.4) is 0 Å². The number of benzene rings is 1. The number of nitrogens with one attached hydrogen (secondary N) is 1. The quantitative estimate of drug-likeness (QED) is 0.834. The molecule has 1 fully saturated rings. The second kappa shape index (κ2) is 7.07. The zero-order chi connectivity index (χ0) is 15.5. The highest BCUT2D eigenvalue weighted by molar-refractivity contribution is 7.89. The number of aliphatic hydroxyl groups is 1. The third-order valence-electron chi connectivity index (χ3n) is 3.75. The third kappa shape index (κ3) is 3.96. The highest BCUT2D eigenvalue weighted by Crippen LogP contribution is 2.25. The Morgan fingerprint density at radius 2 is 2.24 bits per heavy atom. The predicted octanol–water partition coefficient (Wildman–Crippen LogP) is 1.93. The van der Waals surface area contributed by atoms with Gasteiger partial charge in [-0.05, 0) is 30.5 Å². The van der Waals surface area contributed by atoms with Crippen molar-refractivity contribution in [3.63, 3.8) is 0 Å². The van der Waals surface area contributed by atoms with Crippen molar-refractivity contribution >= 4 is 21.6 Å². The Bertz CT molecular complexity index is 591. The zero-order valence-electron chi connectivity index (χ0n) is 11.9. The van der Waals surface area contributed by atoms with E-state index >= 15 is 0 Å². The summed E-state index contributed by atoms with van der Waals surface area (Å²) in [6.07, 6.45) is 1.82. The molecule has 5 nitrogen and oxygen atoms in total. The van der Waals surface area contributed by atoms with Crippen molar-refractivity contribution in [3.05, 3.63) is 28.8 Å². The molecule has 0 radical (unpaired) electrons. The molecule has 2 atom stereocenters. The number of halogens is 1. The summed E-state index contributed by atoms with van der Waals surface area (Å²) >= 11 is 5.96. The molecule has 0 bridgehead atoms. The molecule has 1 saturated heterocycles. The van der Waals surface area contributed by atoms with Crippen molar-refractivity contribution in [2.75, 3.05) is 13.2 Å². The fraction of sp³-hybridized carbons (Fsp3) is 0.571. The van der Waals surface area contributed by atoms with E-state index in [1.807, 2.05) is 6.92 Å². The van der Waals surface area contributed by atoms with Gasteiger partial charge in [0.2, 0.25) is 10.0 Å². The van der Waals surface area contributed by atoms with E-state index < -0.39 is 10.0 Å². The normalized spacial score (nSPS) is 22.6. The molecule has 21 heavy (non-hydrogen) atoms. The van der Waals surface area contributed by atoms with Gasteiger partial charge in [-0.1, -0.05) is 24.6 Å². The highest BCUT2D eigenvalue weighted by atomic mass is 35.5. The number of sulfonamides is 1. The number of rotatable bonds is 6. The van der Waals surface area contributed by atoms with Gasteiger partial charge in [0.05, 0.1) is 17.7 Å². The minimum atomic E-state index is -3.69. The van der Waals surface area contributed by atoms with E-state index in [9.17, 15) is 8.42 Å². The summed E-state index contributed by atoms with van der Waals surface area (Å²) in [6.45, 7) is 2.80. The lowest BCUT2D eigenvalue weighted by atomic mass is 10.0. The molecule has 1 aromatic rings. The topological polar surface area (TPSA) is 75.6 Å². The molecule has 0 aromatic heterocycles. The highest BCUT2D eigenvalue weighted by Gasteiger charge is 2.28. The second-order valence-corrected chi connectivity index (χ2v) is 7.28. The van der Waals surface area contributed by atoms with Gasteiger partial charge in [-0.3, -0.25) is 0 Å². The van der Waals surface area contributed by atoms with Crippen LogP contribution < -0.4 is 4.72 Å². The monoisotopic (exact) mass is 333 g/mol. The van der Waals surface area contributed by atoms with Gasteiger partial charge in [0, 0.05) is 19.1 Å². The van der Waals surface area contributed by atoms with Gasteiger partial charge in [-0.25, -0.2) is 13.1 Å². The molecular weight excluding hydrogens is 314 g/mol. The lowest BCUT2D eigenvalue weighted by Crippen LogP contribution is -2.33. The summed E-state index contributed by atoms with van der Waals surface area (Å²) in [5, 5.41) is 9.26. The van der Waals surface area contributed by atoms with Crippen molar-refractivity contribution < 1.29 is 18.3 Å². The largest absolute Gasteiger partial charge is 0.392 e. The van der Waals surface area contributed by atoms with E-state index in [1.165, 1.54) is 12.1 Å². The van der Waals surface area contributed by atoms with Crippen LogP contribution >= 0.6 is 11.6 Å². The van der Waals surface area contributed by atoms with Crippen LogP contribution in [0.25, 0.3) is 0 Å². The third-order valence-corrected chi connectivity index (χ3v) is 5.66. The number of aliphatic hydroxyl groups excluding tert-OH is 1. The van der Waals surface area contributed by atoms with E-state index in [4.69, 9.17) is 21.4 Å². The van der Waals surface area contributed by atoms with Crippen LogP contribution in [0.1, 0.15) is 25.3 Å². The number of ether oxygens (including phenoxy) is 1. The molecule has 0 spiro atoms. The molecule has 0 amide bonds. The molecule has 0 saturated carbocycles. The van der Waals surface area contributed by atoms with E-state index in [1.54, 1.807) is 6.07 Å². The minimum Gasteiger partial charge on any atom is -0.392 e. The van der Waals surface area contributed by atoms with Crippen molar-refractivity contribution in [1.82, 2.24) is 4.72 Å². The van der Waals surface area contributed by atoms with Crippen molar-refractivity contribution in [2.24, 2.45) is 5.92 Å². The summed E-state index contributed by atoms with van der Waals surface area (Å²) < 4.78 is 32.9. The molecule has 2 unspecified atom stereocenters. The van der Waals surface area contributed by atoms with Gasteiger partial charge < -0.3 is 9.84 Å². The summed E-state index contributed by atoms with van der Waals surface area (Å²) in [4.78, 5) is 0.00248. The fourth-order valence-corrected chi connectivity index (χ4v) is 4.17. The lowest BCUT2D eigenvalue weighted by molar-refractivity contribution is 0.0884. The SMILES string of the molecule is CCC1OCCC1CNS(=O)(=O)c1cc(CO)ccc1Cl. The van der Waals surface area contributed by atoms with Gasteiger partial charge in [0.1, 0.15) is 4.90 Å². The summed E-state index contributed by atoms with van der Waals surface area (Å²) in [7, 11) is -3.69. The molecule has 2 rings (SSSR count). The smallest absolute Gasteiger partial charge is 0.242 e. The Labute approximate surface area is 130 Å². The van der Waals surface area contributed by atoms with Gasteiger partial charge in [0.25, 0.3) is 0 Å². The minimum absolute atomic E-state index is 0.00248. The first-order chi connectivity index (χ1) is 9.97. The fourth-order valence-electron chi connectivity index (χ4n) is 2.52. The van der Waals surface area contributed by atoms with E-state index in [-0.39, 0.29) is 28.5 Å². The molecule has 1 heterocycles. The summed E-state index contributed by atoms with van der Waals surface area (Å²) in [5.74, 6) is 0.185. The van der Waals surface area contributed by atoms with Gasteiger partial charge in [-0.15, -0.1) is 0 Å². The average Bonchev–Trinajstić information content (AvgIpc) is 2.93. The Morgan fingerprint density at radius 3 is 2.90 bits per heavy atom. The molecular formula is C14H20ClNO4S. The van der Waals surface area contributed by atoms with Crippen LogP contribution in [0, 0.1) is 5.92 Å². The Balaban J connectivity index is 2.11. The summed E-state index contributed by atoms with van der Waals surface area (Å²) in [5.41, 5.74) is 0.510. The molecule has 7 heteroatoms. The van der Waals surface area contributed by atoms with Crippen LogP contribution in [-0.4, -0.2) is 32.8 Å². The van der Waals surface area contributed by atoms with E-state index in [0.29, 0.717) is 18.7 Å². The van der Waals surface area contributed by atoms with Crippen LogP contribution in [0.4, 0.5) is 0 Å². The Morgan fingerprint density at radius 1 is 1.48 bits per heavy atom. The molecule has 2 N–H and O–H groups in total. The molecule has 118 valence electrons. The molecule has 1 aliphatic rings. The Kier molecular flexibility index (Phi) is 5.62. The number of hydrogen-bond acceptors (Lipinski definition) is 4. The van der Waals surface area contributed by atoms with Crippen LogP contribution in [0.15, 0.2) is 23.1 Å². The maximum atomic E-state index is 12.4. The molecule has 0 aliphatic carbocycles. The van der Waals surface area contributed by atoms with Crippen LogP contribution in [-0.2, 0) is 21.4 Å². The lowest BCUT2D eigenvalue weighted by Gasteiger charge is -2.17. The predicted molar refractivity (Wildman–Crippen MR) is 80.7 cm³/mol.